The number of ether oxygens (including phenoxy) is 1. The summed E-state index contributed by atoms with van der Waals surface area (Å²) in [5.74, 6) is -0.557. The lowest BCUT2D eigenvalue weighted by Crippen LogP contribution is -2.46. The number of esters is 1. The summed E-state index contributed by atoms with van der Waals surface area (Å²) in [5, 5.41) is 9.24. The van der Waals surface area contributed by atoms with Crippen molar-refractivity contribution in [1.82, 2.24) is 9.80 Å². The molecule has 0 amide bonds. The third-order valence-corrected chi connectivity index (χ3v) is 4.87. The van der Waals surface area contributed by atoms with Crippen LogP contribution >= 0.6 is 0 Å². The first-order valence-electron chi connectivity index (χ1n) is 9.60. The van der Waals surface area contributed by atoms with Crippen LogP contribution in [0, 0.1) is 11.3 Å². The maximum absolute atomic E-state index is 11.8. The Morgan fingerprint density at radius 3 is 2.04 bits per heavy atom. The Balaban J connectivity index is 1.74. The maximum atomic E-state index is 11.8. The number of piperazine rings is 1. The van der Waals surface area contributed by atoms with E-state index in [1.165, 1.54) is 11.1 Å². The van der Waals surface area contributed by atoms with Gasteiger partial charge in [-0.1, -0.05) is 60.7 Å². The average molecular weight is 375 g/mol. The normalized spacial score (nSPS) is 15.3. The third kappa shape index (κ3) is 4.79. The van der Waals surface area contributed by atoms with Crippen molar-refractivity contribution in [2.45, 2.75) is 13.0 Å². The first-order valence-corrected chi connectivity index (χ1v) is 9.60. The van der Waals surface area contributed by atoms with Crippen LogP contribution in [0.15, 0.2) is 72.4 Å². The van der Waals surface area contributed by atoms with Gasteiger partial charge in [0.1, 0.15) is 6.07 Å². The molecule has 2 aromatic rings. The fraction of sp³-hybridized carbons (Fsp3) is 0.304. The van der Waals surface area contributed by atoms with E-state index in [-0.39, 0.29) is 18.2 Å². The van der Waals surface area contributed by atoms with Gasteiger partial charge in [-0.05, 0) is 18.1 Å². The molecule has 0 radical (unpaired) electrons. The monoisotopic (exact) mass is 375 g/mol. The van der Waals surface area contributed by atoms with E-state index in [4.69, 9.17) is 4.74 Å². The summed E-state index contributed by atoms with van der Waals surface area (Å²) in [6.45, 7) is 5.18. The van der Waals surface area contributed by atoms with Gasteiger partial charge in [-0.25, -0.2) is 4.79 Å². The second-order valence-corrected chi connectivity index (χ2v) is 6.67. The van der Waals surface area contributed by atoms with Gasteiger partial charge in [-0.3, -0.25) is 4.90 Å². The van der Waals surface area contributed by atoms with Gasteiger partial charge in [-0.15, -0.1) is 0 Å². The van der Waals surface area contributed by atoms with E-state index in [2.05, 4.69) is 53.4 Å². The summed E-state index contributed by atoms with van der Waals surface area (Å²) in [7, 11) is 0. The highest BCUT2D eigenvalue weighted by Crippen LogP contribution is 2.29. The number of hydrogen-bond donors (Lipinski definition) is 0. The molecule has 144 valence electrons. The Hall–Kier alpha value is -3.10. The number of benzene rings is 2. The first kappa shape index (κ1) is 19.7. The van der Waals surface area contributed by atoms with E-state index in [9.17, 15) is 10.1 Å². The van der Waals surface area contributed by atoms with Crippen molar-refractivity contribution in [3.8, 4) is 6.07 Å². The Labute approximate surface area is 166 Å². The molecule has 0 bridgehead atoms. The predicted molar refractivity (Wildman–Crippen MR) is 108 cm³/mol. The average Bonchev–Trinajstić information content (AvgIpc) is 2.75. The zero-order valence-corrected chi connectivity index (χ0v) is 16.1. The number of nitrogens with zero attached hydrogens (tertiary/aromatic N) is 3. The molecule has 0 atom stereocenters. The Morgan fingerprint density at radius 1 is 1.04 bits per heavy atom. The van der Waals surface area contributed by atoms with Gasteiger partial charge in [0.25, 0.3) is 0 Å². The quantitative estimate of drug-likeness (QED) is 0.440. The Bertz CT molecular complexity index is 796. The number of rotatable bonds is 6. The smallest absolute Gasteiger partial charge is 0.350 e. The molecule has 0 saturated carbocycles. The van der Waals surface area contributed by atoms with Crippen LogP contribution in [0.5, 0.6) is 0 Å². The highest BCUT2D eigenvalue weighted by molar-refractivity contribution is 5.92. The Kier molecular flexibility index (Phi) is 6.83. The van der Waals surface area contributed by atoms with Crippen LogP contribution in [0.4, 0.5) is 0 Å². The number of nitriles is 1. The van der Waals surface area contributed by atoms with Crippen molar-refractivity contribution < 1.29 is 9.53 Å². The lowest BCUT2D eigenvalue weighted by Gasteiger charge is -2.39. The predicted octanol–water partition coefficient (Wildman–Crippen LogP) is 3.36. The maximum Gasteiger partial charge on any atom is 0.350 e. The second kappa shape index (κ2) is 9.72. The van der Waals surface area contributed by atoms with E-state index in [1.807, 2.05) is 23.1 Å². The van der Waals surface area contributed by atoms with Crippen molar-refractivity contribution >= 4 is 5.97 Å². The van der Waals surface area contributed by atoms with Crippen LogP contribution in [0.2, 0.25) is 0 Å². The third-order valence-electron chi connectivity index (χ3n) is 4.87. The van der Waals surface area contributed by atoms with Gasteiger partial charge < -0.3 is 9.64 Å². The molecule has 3 rings (SSSR count). The van der Waals surface area contributed by atoms with Crippen LogP contribution in [0.3, 0.4) is 0 Å². The van der Waals surface area contributed by atoms with Crippen molar-refractivity contribution in [3.63, 3.8) is 0 Å². The van der Waals surface area contributed by atoms with Gasteiger partial charge in [0.2, 0.25) is 0 Å². The van der Waals surface area contributed by atoms with Crippen LogP contribution in [-0.2, 0) is 9.53 Å². The molecule has 0 aliphatic carbocycles. The van der Waals surface area contributed by atoms with Crippen LogP contribution in [0.1, 0.15) is 24.1 Å². The van der Waals surface area contributed by atoms with Gasteiger partial charge in [0.15, 0.2) is 5.57 Å². The number of hydrogen-bond acceptors (Lipinski definition) is 5. The zero-order valence-electron chi connectivity index (χ0n) is 16.1. The molecule has 2 aromatic carbocycles. The fourth-order valence-electron chi connectivity index (χ4n) is 3.53. The zero-order chi connectivity index (χ0) is 19.8. The fourth-order valence-corrected chi connectivity index (χ4v) is 3.53. The molecule has 1 fully saturated rings. The van der Waals surface area contributed by atoms with E-state index < -0.39 is 5.97 Å². The lowest BCUT2D eigenvalue weighted by molar-refractivity contribution is -0.138. The highest BCUT2D eigenvalue weighted by atomic mass is 16.5. The highest BCUT2D eigenvalue weighted by Gasteiger charge is 2.26. The van der Waals surface area contributed by atoms with Crippen LogP contribution in [0.25, 0.3) is 0 Å². The summed E-state index contributed by atoms with van der Waals surface area (Å²) < 4.78 is 4.94. The van der Waals surface area contributed by atoms with E-state index in [0.717, 1.165) is 26.2 Å². The first-order chi connectivity index (χ1) is 13.7. The molecule has 0 spiro atoms. The van der Waals surface area contributed by atoms with E-state index in [1.54, 1.807) is 13.1 Å². The minimum absolute atomic E-state index is 0.0537. The van der Waals surface area contributed by atoms with Crippen LogP contribution < -0.4 is 0 Å². The molecular formula is C23H25N3O2. The summed E-state index contributed by atoms with van der Waals surface area (Å²) in [4.78, 5) is 16.3. The van der Waals surface area contributed by atoms with Crippen molar-refractivity contribution in [1.29, 1.82) is 5.26 Å². The number of carbonyl (C=O) groups is 1. The molecule has 5 heteroatoms. The van der Waals surface area contributed by atoms with Gasteiger partial charge >= 0.3 is 5.97 Å². The molecule has 1 aliphatic heterocycles. The standard InChI is InChI=1S/C23H25N3O2/c1-2-28-23(27)21(17-24)18-25-13-15-26(16-14-25)22(19-9-5-3-6-10-19)20-11-7-4-8-12-20/h3-12,18,22H,2,13-16H2,1H3/b21-18+. The molecular weight excluding hydrogens is 350 g/mol. The molecule has 0 aromatic heterocycles. The molecule has 5 nitrogen and oxygen atoms in total. The van der Waals surface area contributed by atoms with E-state index in [0.29, 0.717) is 0 Å². The summed E-state index contributed by atoms with van der Waals surface area (Å²) in [6.07, 6.45) is 1.63. The van der Waals surface area contributed by atoms with Crippen molar-refractivity contribution in [2.75, 3.05) is 32.8 Å². The summed E-state index contributed by atoms with van der Waals surface area (Å²) >= 11 is 0. The summed E-state index contributed by atoms with van der Waals surface area (Å²) in [5.41, 5.74) is 2.59. The Morgan fingerprint density at radius 2 is 1.57 bits per heavy atom. The lowest BCUT2D eigenvalue weighted by atomic mass is 9.96. The minimum Gasteiger partial charge on any atom is -0.462 e. The van der Waals surface area contributed by atoms with Crippen molar-refractivity contribution in [3.05, 3.63) is 83.6 Å². The van der Waals surface area contributed by atoms with Gasteiger partial charge in [0.05, 0.1) is 12.6 Å². The SMILES string of the molecule is CCOC(=O)/C(C#N)=C/N1CCN(C(c2ccccc2)c2ccccc2)CC1. The molecule has 0 N–H and O–H groups in total. The van der Waals surface area contributed by atoms with Gasteiger partial charge in [-0.2, -0.15) is 5.26 Å². The number of carbonyl (C=O) groups excluding carboxylic acids is 1. The largest absolute Gasteiger partial charge is 0.462 e. The van der Waals surface area contributed by atoms with Gasteiger partial charge in [0, 0.05) is 32.4 Å². The molecule has 1 saturated heterocycles. The molecule has 1 heterocycles. The summed E-state index contributed by atoms with van der Waals surface area (Å²) in [6, 6.07) is 23.2. The van der Waals surface area contributed by atoms with Crippen molar-refractivity contribution in [2.24, 2.45) is 0 Å². The minimum atomic E-state index is -0.557. The molecule has 1 aliphatic rings. The topological polar surface area (TPSA) is 56.6 Å². The molecule has 0 unspecified atom stereocenters. The second-order valence-electron chi connectivity index (χ2n) is 6.67. The molecule has 28 heavy (non-hydrogen) atoms. The van der Waals surface area contributed by atoms with Crippen LogP contribution in [-0.4, -0.2) is 48.6 Å². The van der Waals surface area contributed by atoms with E-state index >= 15 is 0 Å².